The summed E-state index contributed by atoms with van der Waals surface area (Å²) in [5.74, 6) is 0.0481. The maximum Gasteiger partial charge on any atom is 0.253 e. The molecule has 2 aromatic heterocycles. The van der Waals surface area contributed by atoms with Crippen molar-refractivity contribution >= 4 is 35.1 Å². The van der Waals surface area contributed by atoms with Crippen molar-refractivity contribution in [2.45, 2.75) is 38.5 Å². The van der Waals surface area contributed by atoms with Crippen LogP contribution in [0, 0.1) is 5.92 Å². The third-order valence-electron chi connectivity index (χ3n) is 6.23. The van der Waals surface area contributed by atoms with Crippen molar-refractivity contribution in [1.29, 1.82) is 0 Å². The Kier molecular flexibility index (Phi) is 9.55. The fourth-order valence-electron chi connectivity index (χ4n) is 4.40. The Morgan fingerprint density at radius 2 is 2.06 bits per heavy atom. The molecule has 0 radical (unpaired) electrons. The molecule has 192 valence electrons. The molecule has 8 nitrogen and oxygen atoms in total. The first kappa shape index (κ1) is 27.3. The van der Waals surface area contributed by atoms with E-state index in [1.165, 1.54) is 29.7 Å². The zero-order chi connectivity index (χ0) is 26.1. The molecule has 3 aromatic rings. The van der Waals surface area contributed by atoms with E-state index >= 15 is 0 Å². The lowest BCUT2D eigenvalue weighted by Crippen LogP contribution is -2.32. The summed E-state index contributed by atoms with van der Waals surface area (Å²) in [5.41, 5.74) is 4.06. The molecule has 2 atom stereocenters. The summed E-state index contributed by atoms with van der Waals surface area (Å²) >= 11 is 1.38. The number of aryl methyl sites for hydroxylation is 1. The van der Waals surface area contributed by atoms with Gasteiger partial charge in [-0.3, -0.25) is 9.59 Å². The number of carbonyl (C=O) groups excluding carboxylic acids is 3. The summed E-state index contributed by atoms with van der Waals surface area (Å²) in [6.07, 6.45) is 7.02. The second-order valence-corrected chi connectivity index (χ2v) is 9.86. The quantitative estimate of drug-likeness (QED) is 0.511. The number of nitrogens with one attached hydrogen (secondary N) is 2. The molecule has 3 heterocycles. The third kappa shape index (κ3) is 6.47. The van der Waals surface area contributed by atoms with Crippen LogP contribution >= 0.6 is 11.3 Å². The highest BCUT2D eigenvalue weighted by Gasteiger charge is 2.56. The predicted molar refractivity (Wildman–Crippen MR) is 142 cm³/mol. The summed E-state index contributed by atoms with van der Waals surface area (Å²) in [7, 11) is 1.84. The van der Waals surface area contributed by atoms with E-state index in [0.29, 0.717) is 16.6 Å². The molecule has 1 saturated heterocycles. The van der Waals surface area contributed by atoms with Gasteiger partial charge in [0.2, 0.25) is 5.91 Å². The summed E-state index contributed by atoms with van der Waals surface area (Å²) < 4.78 is 7.39. The summed E-state index contributed by atoms with van der Waals surface area (Å²) in [5, 5.41) is 7.86. The molecule has 2 N–H and O–H groups in total. The van der Waals surface area contributed by atoms with Gasteiger partial charge in [-0.05, 0) is 36.5 Å². The molecule has 2 aliphatic rings. The number of fused-ring (bicyclic) bond motifs is 1. The van der Waals surface area contributed by atoms with Gasteiger partial charge in [0.15, 0.2) is 5.13 Å². The van der Waals surface area contributed by atoms with E-state index in [2.05, 4.69) is 53.7 Å². The number of ether oxygens (including phenoxy) is 1. The van der Waals surface area contributed by atoms with Crippen LogP contribution in [0.2, 0.25) is 0 Å². The number of nitrogens with zero attached hydrogens (tertiary/aromatic N) is 2. The van der Waals surface area contributed by atoms with Crippen LogP contribution in [0.15, 0.2) is 48.1 Å². The van der Waals surface area contributed by atoms with Crippen LogP contribution in [-0.2, 0) is 26.8 Å². The van der Waals surface area contributed by atoms with Gasteiger partial charge in [-0.25, -0.2) is 4.98 Å². The van der Waals surface area contributed by atoms with Gasteiger partial charge in [-0.2, -0.15) is 0 Å². The first-order valence-corrected chi connectivity index (χ1v) is 13.0. The number of rotatable bonds is 6. The summed E-state index contributed by atoms with van der Waals surface area (Å²) in [4.78, 5) is 36.9. The second-order valence-electron chi connectivity index (χ2n) is 9.00. The molecular formula is C27H34N4O4S. The van der Waals surface area contributed by atoms with Gasteiger partial charge < -0.3 is 24.7 Å². The van der Waals surface area contributed by atoms with E-state index < -0.39 is 0 Å². The van der Waals surface area contributed by atoms with Crippen molar-refractivity contribution in [2.24, 2.45) is 13.0 Å². The highest BCUT2D eigenvalue weighted by atomic mass is 32.1. The van der Waals surface area contributed by atoms with Crippen LogP contribution in [0.4, 0.5) is 5.13 Å². The first-order valence-electron chi connectivity index (χ1n) is 12.1. The lowest BCUT2D eigenvalue weighted by Gasteiger charge is -2.23. The SMILES string of the molecule is C=O.CCC.Cn1ccc(C(=O)NCC(=O)Nc2nc(-c3cccc(C45CCOCC4C5)c3)cs2)c1. The van der Waals surface area contributed by atoms with Gasteiger partial charge in [0, 0.05) is 42.4 Å². The Balaban J connectivity index is 0.000000674. The topological polar surface area (TPSA) is 102 Å². The van der Waals surface area contributed by atoms with Crippen molar-refractivity contribution < 1.29 is 19.1 Å². The Morgan fingerprint density at radius 3 is 2.75 bits per heavy atom. The zero-order valence-electron chi connectivity index (χ0n) is 21.1. The number of amides is 2. The van der Waals surface area contributed by atoms with Crippen molar-refractivity contribution in [2.75, 3.05) is 25.1 Å². The normalized spacial score (nSPS) is 19.5. The molecule has 36 heavy (non-hydrogen) atoms. The molecule has 2 fully saturated rings. The molecule has 0 bridgehead atoms. The lowest BCUT2D eigenvalue weighted by molar-refractivity contribution is -0.115. The average Bonchev–Trinajstić information content (AvgIpc) is 3.20. The smallest absolute Gasteiger partial charge is 0.253 e. The molecule has 0 spiro atoms. The van der Waals surface area contributed by atoms with E-state index in [1.54, 1.807) is 23.0 Å². The largest absolute Gasteiger partial charge is 0.381 e. The Labute approximate surface area is 216 Å². The van der Waals surface area contributed by atoms with Gasteiger partial charge >= 0.3 is 0 Å². The number of benzene rings is 1. The maximum absolute atomic E-state index is 12.2. The monoisotopic (exact) mass is 510 g/mol. The van der Waals surface area contributed by atoms with Gasteiger partial charge in [0.05, 0.1) is 24.4 Å². The third-order valence-corrected chi connectivity index (χ3v) is 6.99. The Morgan fingerprint density at radius 1 is 1.28 bits per heavy atom. The minimum Gasteiger partial charge on any atom is -0.381 e. The van der Waals surface area contributed by atoms with Gasteiger partial charge in [0.25, 0.3) is 5.91 Å². The molecule has 1 saturated carbocycles. The highest BCUT2D eigenvalue weighted by Crippen LogP contribution is 2.59. The number of thiazole rings is 1. The van der Waals surface area contributed by atoms with E-state index in [9.17, 15) is 9.59 Å². The minimum atomic E-state index is -0.305. The molecular weight excluding hydrogens is 476 g/mol. The molecule has 1 aliphatic heterocycles. The van der Waals surface area contributed by atoms with Crippen molar-refractivity contribution in [3.63, 3.8) is 0 Å². The van der Waals surface area contributed by atoms with Crippen LogP contribution in [0.25, 0.3) is 11.3 Å². The van der Waals surface area contributed by atoms with Crippen molar-refractivity contribution in [3.8, 4) is 11.3 Å². The van der Waals surface area contributed by atoms with Crippen LogP contribution in [-0.4, -0.2) is 47.9 Å². The van der Waals surface area contributed by atoms with E-state index in [-0.39, 0.29) is 23.8 Å². The molecule has 1 aromatic carbocycles. The predicted octanol–water partition coefficient (Wildman–Crippen LogP) is 4.43. The van der Waals surface area contributed by atoms with E-state index in [1.807, 2.05) is 19.2 Å². The Bertz CT molecular complexity index is 1170. The number of aromatic nitrogens is 2. The molecule has 2 amide bonds. The number of anilines is 1. The molecule has 2 unspecified atom stereocenters. The van der Waals surface area contributed by atoms with Gasteiger partial charge in [-0.1, -0.05) is 38.5 Å². The highest BCUT2D eigenvalue weighted by molar-refractivity contribution is 7.14. The van der Waals surface area contributed by atoms with Gasteiger partial charge in [0.1, 0.15) is 6.79 Å². The lowest BCUT2D eigenvalue weighted by atomic mass is 9.88. The van der Waals surface area contributed by atoms with Crippen LogP contribution in [0.1, 0.15) is 49.0 Å². The number of hydrogen-bond acceptors (Lipinski definition) is 6. The van der Waals surface area contributed by atoms with Crippen LogP contribution in [0.5, 0.6) is 0 Å². The van der Waals surface area contributed by atoms with Gasteiger partial charge in [-0.15, -0.1) is 11.3 Å². The second kappa shape index (κ2) is 12.6. The number of carbonyl (C=O) groups is 3. The average molecular weight is 511 g/mol. The number of hydrogen-bond donors (Lipinski definition) is 2. The fraction of sp³-hybridized carbons (Fsp3) is 0.407. The summed E-state index contributed by atoms with van der Waals surface area (Å²) in [6, 6.07) is 10.3. The maximum atomic E-state index is 12.2. The standard InChI is InChI=1S/C23H24N4O3S.C3H8.CH2O/c1-27-7-5-16(12-27)21(29)24-11-20(28)26-22-25-19(14-31-22)15-3-2-4-17(9-15)23-6-8-30-13-18(23)10-23;1-3-2;1-2/h2-5,7,9,12,14,18H,6,8,10-11,13H2,1H3,(H,24,29)(H,25,26,28);3H2,1-2H3;1H2. The van der Waals surface area contributed by atoms with Crippen LogP contribution < -0.4 is 10.6 Å². The van der Waals surface area contributed by atoms with Crippen molar-refractivity contribution in [1.82, 2.24) is 14.9 Å². The Hall–Kier alpha value is -3.30. The van der Waals surface area contributed by atoms with Crippen LogP contribution in [0.3, 0.4) is 0 Å². The first-order chi connectivity index (χ1) is 17.4. The summed E-state index contributed by atoms with van der Waals surface area (Å²) in [6.45, 7) is 7.83. The van der Waals surface area contributed by atoms with E-state index in [4.69, 9.17) is 9.53 Å². The zero-order valence-corrected chi connectivity index (χ0v) is 21.9. The minimum absolute atomic E-state index is 0.107. The van der Waals surface area contributed by atoms with E-state index in [0.717, 1.165) is 30.9 Å². The molecule has 5 rings (SSSR count). The molecule has 9 heteroatoms. The molecule has 1 aliphatic carbocycles. The fourth-order valence-corrected chi connectivity index (χ4v) is 5.13. The van der Waals surface area contributed by atoms with Crippen molar-refractivity contribution in [3.05, 3.63) is 59.2 Å².